The predicted molar refractivity (Wildman–Crippen MR) is 165 cm³/mol. The van der Waals surface area contributed by atoms with E-state index in [1.807, 2.05) is 48.5 Å². The summed E-state index contributed by atoms with van der Waals surface area (Å²) in [7, 11) is 0. The number of aromatic nitrogens is 2. The summed E-state index contributed by atoms with van der Waals surface area (Å²) in [4.78, 5) is 16.9. The molecule has 0 unspecified atom stereocenters. The van der Waals surface area contributed by atoms with Crippen LogP contribution >= 0.6 is 22.9 Å². The van der Waals surface area contributed by atoms with Crippen molar-refractivity contribution in [1.29, 1.82) is 0 Å². The molecule has 3 aromatic carbocycles. The van der Waals surface area contributed by atoms with Crippen molar-refractivity contribution in [2.24, 2.45) is 10.8 Å². The molecule has 0 aliphatic carbocycles. The molecule has 1 N–H and O–H groups in total. The fourth-order valence-corrected chi connectivity index (χ4v) is 6.06. The number of halogens is 1. The Bertz CT molecular complexity index is 1640. The highest BCUT2D eigenvalue weighted by molar-refractivity contribution is 7.18. The van der Waals surface area contributed by atoms with Gasteiger partial charge in [0, 0.05) is 34.6 Å². The Kier molecular flexibility index (Phi) is 7.68. The molecule has 7 heteroatoms. The Balaban J connectivity index is 1.59. The summed E-state index contributed by atoms with van der Waals surface area (Å²) in [5.74, 6) is -0.0352. The smallest absolute Gasteiger partial charge is 0.309 e. The van der Waals surface area contributed by atoms with Gasteiger partial charge in [-0.05, 0) is 79.3 Å². The number of carboxylic acids is 1. The lowest BCUT2D eigenvalue weighted by molar-refractivity contribution is -0.146. The van der Waals surface area contributed by atoms with Gasteiger partial charge in [0.05, 0.1) is 15.6 Å². The van der Waals surface area contributed by atoms with E-state index in [9.17, 15) is 9.90 Å². The average molecular weight is 575 g/mol. The van der Waals surface area contributed by atoms with Gasteiger partial charge in [0.2, 0.25) is 0 Å². The van der Waals surface area contributed by atoms with E-state index in [0.29, 0.717) is 24.6 Å². The molecule has 0 radical (unpaired) electrons. The number of aliphatic carboxylic acids is 1. The Morgan fingerprint density at radius 2 is 1.73 bits per heavy atom. The Hall–Kier alpha value is -3.35. The van der Waals surface area contributed by atoms with Crippen molar-refractivity contribution in [2.45, 2.75) is 60.6 Å². The first-order valence-electron chi connectivity index (χ1n) is 13.5. The number of ether oxygens (including phenoxy) is 1. The lowest BCUT2D eigenvalue weighted by Gasteiger charge is -2.24. The van der Waals surface area contributed by atoms with Crippen molar-refractivity contribution in [3.05, 3.63) is 93.6 Å². The number of benzene rings is 3. The van der Waals surface area contributed by atoms with Crippen molar-refractivity contribution in [3.8, 4) is 5.75 Å². The summed E-state index contributed by atoms with van der Waals surface area (Å²) in [5.41, 5.74) is 4.46. The number of fused-ring (bicyclic) bond motifs is 2. The van der Waals surface area contributed by atoms with Crippen LogP contribution in [0.2, 0.25) is 5.02 Å². The highest BCUT2D eigenvalue weighted by Gasteiger charge is 2.32. The molecule has 0 aliphatic rings. The number of carboxylic acid groups (broad SMARTS) is 1. The monoisotopic (exact) mass is 574 g/mol. The minimum absolute atomic E-state index is 0.000635. The molecule has 2 aromatic heterocycles. The molecule has 208 valence electrons. The summed E-state index contributed by atoms with van der Waals surface area (Å²) in [5, 5.41) is 12.8. The van der Waals surface area contributed by atoms with Gasteiger partial charge in [-0.3, -0.25) is 4.79 Å². The standard InChI is InChI=1S/C33H35ClN2O3S/c1-32(2,3)17-25-24-16-23(39-20-30-35-26-8-6-7-9-29(26)40-30)14-15-27(24)36(19-21-10-12-22(34)13-11-21)28(25)18-33(4,5)31(37)38/h6-16H,17-20H2,1-5H3,(H,37,38). The van der Waals surface area contributed by atoms with Crippen LogP contribution in [-0.2, 0) is 30.8 Å². The molecule has 40 heavy (non-hydrogen) atoms. The second-order valence-electron chi connectivity index (χ2n) is 12.3. The van der Waals surface area contributed by atoms with Gasteiger partial charge in [0.25, 0.3) is 0 Å². The zero-order valence-corrected chi connectivity index (χ0v) is 25.2. The van der Waals surface area contributed by atoms with Gasteiger partial charge in [-0.25, -0.2) is 4.98 Å². The third-order valence-corrected chi connectivity index (χ3v) is 8.37. The number of carbonyl (C=O) groups is 1. The first-order chi connectivity index (χ1) is 18.9. The molecule has 5 rings (SSSR count). The zero-order valence-electron chi connectivity index (χ0n) is 23.6. The second kappa shape index (κ2) is 10.9. The van der Waals surface area contributed by atoms with Crippen LogP contribution in [0.3, 0.4) is 0 Å². The first kappa shape index (κ1) is 28.2. The molecular formula is C33H35ClN2O3S. The summed E-state index contributed by atoms with van der Waals surface area (Å²) in [6, 6.07) is 22.2. The Morgan fingerprint density at radius 1 is 1.00 bits per heavy atom. The zero-order chi connectivity index (χ0) is 28.7. The fraction of sp³-hybridized carbons (Fsp3) is 0.333. The molecule has 0 amide bonds. The van der Waals surface area contributed by atoms with Crippen LogP contribution < -0.4 is 4.74 Å². The molecule has 0 saturated carbocycles. The van der Waals surface area contributed by atoms with Crippen LogP contribution in [0.25, 0.3) is 21.1 Å². The van der Waals surface area contributed by atoms with Gasteiger partial charge < -0.3 is 14.4 Å². The minimum Gasteiger partial charge on any atom is -0.486 e. The normalized spacial score (nSPS) is 12.3. The summed E-state index contributed by atoms with van der Waals surface area (Å²) in [6.07, 6.45) is 1.22. The number of hydrogen-bond donors (Lipinski definition) is 1. The van der Waals surface area contributed by atoms with Crippen molar-refractivity contribution in [3.63, 3.8) is 0 Å². The number of rotatable bonds is 9. The highest BCUT2D eigenvalue weighted by atomic mass is 35.5. The molecule has 5 nitrogen and oxygen atoms in total. The summed E-state index contributed by atoms with van der Waals surface area (Å²) >= 11 is 7.81. The third-order valence-electron chi connectivity index (χ3n) is 7.11. The Labute approximate surface area is 244 Å². The van der Waals surface area contributed by atoms with E-state index < -0.39 is 11.4 Å². The third kappa shape index (κ3) is 6.18. The van der Waals surface area contributed by atoms with Gasteiger partial charge in [-0.2, -0.15) is 0 Å². The van der Waals surface area contributed by atoms with Gasteiger partial charge in [0.15, 0.2) is 0 Å². The SMILES string of the molecule is CC(C)(C)Cc1c(CC(C)(C)C(=O)O)n(Cc2ccc(Cl)cc2)c2ccc(OCc3nc4ccccc4s3)cc12. The van der Waals surface area contributed by atoms with Gasteiger partial charge in [-0.1, -0.05) is 56.6 Å². The molecule has 0 saturated heterocycles. The molecule has 0 fully saturated rings. The van der Waals surface area contributed by atoms with E-state index in [1.165, 1.54) is 5.56 Å². The molecule has 0 atom stereocenters. The van der Waals surface area contributed by atoms with Crippen molar-refractivity contribution in [2.75, 3.05) is 0 Å². The molecule has 2 heterocycles. The molecule has 5 aromatic rings. The van der Waals surface area contributed by atoms with Crippen LogP contribution in [0.4, 0.5) is 0 Å². The van der Waals surface area contributed by atoms with Crippen molar-refractivity contribution in [1.82, 2.24) is 9.55 Å². The molecule has 0 aliphatic heterocycles. The van der Waals surface area contributed by atoms with Gasteiger partial charge >= 0.3 is 5.97 Å². The average Bonchev–Trinajstić information content (AvgIpc) is 3.42. The fourth-order valence-electron chi connectivity index (χ4n) is 5.05. The molecular weight excluding hydrogens is 540 g/mol. The number of thiazole rings is 1. The molecule has 0 bridgehead atoms. The van der Waals surface area contributed by atoms with E-state index in [-0.39, 0.29) is 5.41 Å². The first-order valence-corrected chi connectivity index (χ1v) is 14.7. The van der Waals surface area contributed by atoms with Crippen LogP contribution in [0.1, 0.15) is 56.4 Å². The van der Waals surface area contributed by atoms with Crippen LogP contribution in [0.5, 0.6) is 5.75 Å². The maximum Gasteiger partial charge on any atom is 0.309 e. The lowest BCUT2D eigenvalue weighted by atomic mass is 9.82. The van der Waals surface area contributed by atoms with Crippen LogP contribution in [0.15, 0.2) is 66.7 Å². The van der Waals surface area contributed by atoms with Crippen LogP contribution in [0, 0.1) is 10.8 Å². The second-order valence-corrected chi connectivity index (χ2v) is 13.8. The lowest BCUT2D eigenvalue weighted by Crippen LogP contribution is -2.28. The molecule has 0 spiro atoms. The van der Waals surface area contributed by atoms with E-state index in [4.69, 9.17) is 21.3 Å². The Morgan fingerprint density at radius 3 is 2.40 bits per heavy atom. The minimum atomic E-state index is -0.926. The van der Waals surface area contributed by atoms with Gasteiger partial charge in [-0.15, -0.1) is 11.3 Å². The largest absolute Gasteiger partial charge is 0.486 e. The maximum atomic E-state index is 12.2. The van der Waals surface area contributed by atoms with E-state index in [2.05, 4.69) is 43.5 Å². The number of nitrogens with zero attached hydrogens (tertiary/aromatic N) is 2. The van der Waals surface area contributed by atoms with Crippen molar-refractivity contribution < 1.29 is 14.6 Å². The van der Waals surface area contributed by atoms with Crippen molar-refractivity contribution >= 4 is 50.0 Å². The van der Waals surface area contributed by atoms with Gasteiger partial charge in [0.1, 0.15) is 17.4 Å². The number of para-hydroxylation sites is 1. The number of hydrogen-bond acceptors (Lipinski definition) is 4. The van der Waals surface area contributed by atoms with E-state index in [1.54, 1.807) is 25.2 Å². The summed E-state index contributed by atoms with van der Waals surface area (Å²) in [6.45, 7) is 11.3. The quantitative estimate of drug-likeness (QED) is 0.191. The highest BCUT2D eigenvalue weighted by Crippen LogP contribution is 2.38. The topological polar surface area (TPSA) is 64.3 Å². The maximum absolute atomic E-state index is 12.2. The van der Waals surface area contributed by atoms with Crippen LogP contribution in [-0.4, -0.2) is 20.6 Å². The summed E-state index contributed by atoms with van der Waals surface area (Å²) < 4.78 is 9.69. The van der Waals surface area contributed by atoms with E-state index >= 15 is 0 Å². The van der Waals surface area contributed by atoms with E-state index in [0.717, 1.165) is 49.6 Å². The predicted octanol–water partition coefficient (Wildman–Crippen LogP) is 8.77.